The summed E-state index contributed by atoms with van der Waals surface area (Å²) in [5.74, 6) is 1.93. The number of hydrogen-bond donors (Lipinski definition) is 1. The smallest absolute Gasteiger partial charge is 0.138 e. The highest BCUT2D eigenvalue weighted by Crippen LogP contribution is 2.12. The van der Waals surface area contributed by atoms with Gasteiger partial charge in [0.1, 0.15) is 11.6 Å². The van der Waals surface area contributed by atoms with Gasteiger partial charge in [0.15, 0.2) is 0 Å². The number of rotatable bonds is 4. The van der Waals surface area contributed by atoms with E-state index in [1.807, 2.05) is 32.2 Å². The molecule has 2 rings (SSSR count). The van der Waals surface area contributed by atoms with E-state index in [9.17, 15) is 0 Å². The van der Waals surface area contributed by atoms with Crippen molar-refractivity contribution in [3.05, 3.63) is 42.0 Å². The SMILES string of the molecule is CNCCc1nnc(C)n1-c1ccccc1. The molecule has 0 amide bonds. The summed E-state index contributed by atoms with van der Waals surface area (Å²) in [6.45, 7) is 2.88. The Bertz CT molecular complexity index is 447. The minimum absolute atomic E-state index is 0.881. The Hall–Kier alpha value is -1.68. The second-order valence-electron chi connectivity index (χ2n) is 3.69. The summed E-state index contributed by atoms with van der Waals surface area (Å²) >= 11 is 0. The normalized spacial score (nSPS) is 10.6. The number of para-hydroxylation sites is 1. The molecular weight excluding hydrogens is 200 g/mol. The van der Waals surface area contributed by atoms with Crippen LogP contribution in [0.4, 0.5) is 0 Å². The third-order valence-corrected chi connectivity index (χ3v) is 2.50. The van der Waals surface area contributed by atoms with E-state index in [0.29, 0.717) is 0 Å². The fraction of sp³-hybridized carbons (Fsp3) is 0.333. The number of aryl methyl sites for hydroxylation is 1. The van der Waals surface area contributed by atoms with Crippen LogP contribution in [0.25, 0.3) is 5.69 Å². The maximum atomic E-state index is 4.20. The van der Waals surface area contributed by atoms with Gasteiger partial charge in [-0.25, -0.2) is 0 Å². The molecule has 4 nitrogen and oxygen atoms in total. The highest BCUT2D eigenvalue weighted by molar-refractivity contribution is 5.33. The summed E-state index contributed by atoms with van der Waals surface area (Å²) in [6, 6.07) is 10.2. The summed E-state index contributed by atoms with van der Waals surface area (Å²) in [7, 11) is 1.94. The molecule has 84 valence electrons. The third kappa shape index (κ3) is 2.12. The monoisotopic (exact) mass is 216 g/mol. The van der Waals surface area contributed by atoms with Crippen molar-refractivity contribution in [1.29, 1.82) is 0 Å². The fourth-order valence-corrected chi connectivity index (χ4v) is 1.72. The number of nitrogens with one attached hydrogen (secondary N) is 1. The average molecular weight is 216 g/mol. The Labute approximate surface area is 95.3 Å². The van der Waals surface area contributed by atoms with Crippen molar-refractivity contribution in [2.24, 2.45) is 0 Å². The molecule has 0 atom stereocenters. The van der Waals surface area contributed by atoms with Gasteiger partial charge in [-0.15, -0.1) is 10.2 Å². The van der Waals surface area contributed by atoms with E-state index in [1.165, 1.54) is 0 Å². The van der Waals surface area contributed by atoms with E-state index >= 15 is 0 Å². The van der Waals surface area contributed by atoms with Crippen molar-refractivity contribution < 1.29 is 0 Å². The molecule has 16 heavy (non-hydrogen) atoms. The molecule has 2 aromatic rings. The molecule has 0 saturated heterocycles. The van der Waals surface area contributed by atoms with Gasteiger partial charge in [-0.05, 0) is 26.1 Å². The van der Waals surface area contributed by atoms with Gasteiger partial charge < -0.3 is 5.32 Å². The zero-order valence-electron chi connectivity index (χ0n) is 9.64. The molecule has 0 saturated carbocycles. The van der Waals surface area contributed by atoms with Gasteiger partial charge in [0.25, 0.3) is 0 Å². The zero-order chi connectivity index (χ0) is 11.4. The van der Waals surface area contributed by atoms with Crippen molar-refractivity contribution in [3.8, 4) is 5.69 Å². The van der Waals surface area contributed by atoms with Crippen molar-refractivity contribution in [2.45, 2.75) is 13.3 Å². The van der Waals surface area contributed by atoms with Crippen molar-refractivity contribution in [3.63, 3.8) is 0 Å². The molecule has 1 aromatic carbocycles. The summed E-state index contributed by atoms with van der Waals surface area (Å²) < 4.78 is 2.09. The Morgan fingerprint density at radius 1 is 1.19 bits per heavy atom. The topological polar surface area (TPSA) is 42.7 Å². The third-order valence-electron chi connectivity index (χ3n) is 2.50. The van der Waals surface area contributed by atoms with Gasteiger partial charge in [0, 0.05) is 18.7 Å². The lowest BCUT2D eigenvalue weighted by Crippen LogP contribution is -2.14. The van der Waals surface area contributed by atoms with Crippen LogP contribution in [0.3, 0.4) is 0 Å². The van der Waals surface area contributed by atoms with E-state index in [-0.39, 0.29) is 0 Å². The molecule has 0 spiro atoms. The zero-order valence-corrected chi connectivity index (χ0v) is 9.64. The molecule has 0 bridgehead atoms. The first-order chi connectivity index (χ1) is 7.83. The molecule has 0 aliphatic carbocycles. The van der Waals surface area contributed by atoms with Crippen LogP contribution < -0.4 is 5.32 Å². The quantitative estimate of drug-likeness (QED) is 0.838. The maximum Gasteiger partial charge on any atom is 0.138 e. The lowest BCUT2D eigenvalue weighted by Gasteiger charge is -2.07. The molecule has 1 heterocycles. The Kier molecular flexibility index (Phi) is 3.31. The fourth-order valence-electron chi connectivity index (χ4n) is 1.72. The summed E-state index contributed by atoms with van der Waals surface area (Å²) in [5, 5.41) is 11.5. The molecule has 1 N–H and O–H groups in total. The lowest BCUT2D eigenvalue weighted by molar-refractivity contribution is 0.738. The van der Waals surface area contributed by atoms with Gasteiger partial charge in [0.05, 0.1) is 0 Å². The first-order valence-electron chi connectivity index (χ1n) is 5.44. The van der Waals surface area contributed by atoms with Gasteiger partial charge in [0.2, 0.25) is 0 Å². The molecule has 0 radical (unpaired) electrons. The highest BCUT2D eigenvalue weighted by Gasteiger charge is 2.09. The second-order valence-corrected chi connectivity index (χ2v) is 3.69. The first kappa shape index (κ1) is 10.8. The molecular formula is C12H16N4. The molecule has 1 aromatic heterocycles. The summed E-state index contributed by atoms with van der Waals surface area (Å²) in [4.78, 5) is 0. The van der Waals surface area contributed by atoms with Crippen LogP contribution in [0.15, 0.2) is 30.3 Å². The Morgan fingerprint density at radius 3 is 2.62 bits per heavy atom. The lowest BCUT2D eigenvalue weighted by atomic mass is 10.3. The van der Waals surface area contributed by atoms with Crippen LogP contribution >= 0.6 is 0 Å². The molecule has 0 aliphatic heterocycles. The predicted octanol–water partition coefficient (Wildman–Crippen LogP) is 1.34. The van der Waals surface area contributed by atoms with E-state index in [1.54, 1.807) is 0 Å². The van der Waals surface area contributed by atoms with Crippen molar-refractivity contribution in [2.75, 3.05) is 13.6 Å². The minimum atomic E-state index is 0.881. The summed E-state index contributed by atoms with van der Waals surface area (Å²) in [5.41, 5.74) is 1.12. The second kappa shape index (κ2) is 4.90. The number of likely N-dealkylation sites (N-methyl/N-ethyl adjacent to an activating group) is 1. The van der Waals surface area contributed by atoms with Gasteiger partial charge in [-0.1, -0.05) is 18.2 Å². The van der Waals surface area contributed by atoms with Crippen LogP contribution in [-0.2, 0) is 6.42 Å². The standard InChI is InChI=1S/C12H16N4/c1-10-14-15-12(8-9-13-2)16(10)11-6-4-3-5-7-11/h3-7,13H,8-9H2,1-2H3. The van der Waals surface area contributed by atoms with E-state index in [2.05, 4.69) is 32.2 Å². The molecule has 4 heteroatoms. The number of aromatic nitrogens is 3. The average Bonchev–Trinajstić information content (AvgIpc) is 2.69. The molecule has 0 unspecified atom stereocenters. The molecule has 0 fully saturated rings. The van der Waals surface area contributed by atoms with Gasteiger partial charge >= 0.3 is 0 Å². The van der Waals surface area contributed by atoms with Gasteiger partial charge in [-0.3, -0.25) is 4.57 Å². The first-order valence-corrected chi connectivity index (χ1v) is 5.44. The summed E-state index contributed by atoms with van der Waals surface area (Å²) in [6.07, 6.45) is 0.881. The number of hydrogen-bond acceptors (Lipinski definition) is 3. The minimum Gasteiger partial charge on any atom is -0.319 e. The number of nitrogens with zero attached hydrogens (tertiary/aromatic N) is 3. The van der Waals surface area contributed by atoms with E-state index < -0.39 is 0 Å². The maximum absolute atomic E-state index is 4.20. The van der Waals surface area contributed by atoms with Gasteiger partial charge in [-0.2, -0.15) is 0 Å². The molecule has 0 aliphatic rings. The van der Waals surface area contributed by atoms with Crippen molar-refractivity contribution in [1.82, 2.24) is 20.1 Å². The van der Waals surface area contributed by atoms with Crippen LogP contribution in [0.2, 0.25) is 0 Å². The van der Waals surface area contributed by atoms with Crippen LogP contribution in [0.5, 0.6) is 0 Å². The Morgan fingerprint density at radius 2 is 1.94 bits per heavy atom. The number of benzene rings is 1. The van der Waals surface area contributed by atoms with E-state index in [0.717, 1.165) is 30.3 Å². The van der Waals surface area contributed by atoms with Crippen LogP contribution in [0, 0.1) is 6.92 Å². The largest absolute Gasteiger partial charge is 0.319 e. The van der Waals surface area contributed by atoms with Crippen molar-refractivity contribution >= 4 is 0 Å². The Balaban J connectivity index is 2.35. The van der Waals surface area contributed by atoms with Crippen LogP contribution in [0.1, 0.15) is 11.6 Å². The van der Waals surface area contributed by atoms with Crippen LogP contribution in [-0.4, -0.2) is 28.4 Å². The highest BCUT2D eigenvalue weighted by atomic mass is 15.3. The predicted molar refractivity (Wildman–Crippen MR) is 63.7 cm³/mol. The van der Waals surface area contributed by atoms with E-state index in [4.69, 9.17) is 0 Å².